The first-order valence-electron chi connectivity index (χ1n) is 6.60. The van der Waals surface area contributed by atoms with Gasteiger partial charge in [0, 0.05) is 24.9 Å². The number of nitrogens with one attached hydrogen (secondary N) is 2. The maximum atomic E-state index is 4.71. The summed E-state index contributed by atoms with van der Waals surface area (Å²) in [6.07, 6.45) is 3.97. The summed E-state index contributed by atoms with van der Waals surface area (Å²) in [6.45, 7) is 2.24. The first-order chi connectivity index (χ1) is 8.40. The van der Waals surface area contributed by atoms with Crippen molar-refractivity contribution in [3.8, 4) is 0 Å². The second-order valence-corrected chi connectivity index (χ2v) is 5.38. The van der Waals surface area contributed by atoms with Gasteiger partial charge in [0.25, 0.3) is 0 Å². The van der Waals surface area contributed by atoms with Crippen LogP contribution in [-0.2, 0) is 0 Å². The highest BCUT2D eigenvalue weighted by atomic mass is 15.0. The van der Waals surface area contributed by atoms with Crippen LogP contribution in [0.3, 0.4) is 0 Å². The van der Waals surface area contributed by atoms with Gasteiger partial charge in [0.1, 0.15) is 5.82 Å². The quantitative estimate of drug-likeness (QED) is 0.827. The Bertz CT molecular complexity index is 538. The fourth-order valence-corrected chi connectivity index (χ4v) is 2.70. The molecule has 3 nitrogen and oxygen atoms in total. The third kappa shape index (κ3) is 1.49. The van der Waals surface area contributed by atoms with Gasteiger partial charge in [0.2, 0.25) is 0 Å². The maximum Gasteiger partial charge on any atom is 0.110 e. The number of aromatic nitrogens is 2. The fourth-order valence-electron chi connectivity index (χ4n) is 2.70. The summed E-state index contributed by atoms with van der Waals surface area (Å²) in [4.78, 5) is 8.22. The van der Waals surface area contributed by atoms with Gasteiger partial charge in [0.15, 0.2) is 0 Å². The summed E-state index contributed by atoms with van der Waals surface area (Å²) in [5.41, 5.74) is 3.79. The van der Waals surface area contributed by atoms with Crippen molar-refractivity contribution < 1.29 is 0 Å². The van der Waals surface area contributed by atoms with E-state index >= 15 is 0 Å². The van der Waals surface area contributed by atoms with E-state index in [-0.39, 0.29) is 0 Å². The van der Waals surface area contributed by atoms with Gasteiger partial charge in [-0.3, -0.25) is 0 Å². The van der Waals surface area contributed by atoms with Crippen LogP contribution >= 0.6 is 0 Å². The largest absolute Gasteiger partial charge is 0.342 e. The molecule has 4 rings (SSSR count). The predicted molar refractivity (Wildman–Crippen MR) is 68.3 cm³/mol. The standard InChI is InChI=1S/C14H17N3/c1-2-9(3-1)14-16-12-5-4-10(6-13(12)17-14)11-7-15-8-11/h4-6,9,11,15H,1-3,7-8H2,(H,16,17). The molecule has 2 heterocycles. The number of benzene rings is 1. The third-order valence-corrected chi connectivity index (χ3v) is 4.27. The van der Waals surface area contributed by atoms with Crippen molar-refractivity contribution in [2.24, 2.45) is 0 Å². The van der Waals surface area contributed by atoms with Crippen LogP contribution in [0.5, 0.6) is 0 Å². The van der Waals surface area contributed by atoms with E-state index in [1.165, 1.54) is 36.2 Å². The highest BCUT2D eigenvalue weighted by Crippen LogP contribution is 2.35. The summed E-state index contributed by atoms with van der Waals surface area (Å²) in [7, 11) is 0. The number of hydrogen-bond acceptors (Lipinski definition) is 2. The van der Waals surface area contributed by atoms with E-state index in [0.29, 0.717) is 11.8 Å². The van der Waals surface area contributed by atoms with Crippen LogP contribution in [0.25, 0.3) is 11.0 Å². The molecule has 2 N–H and O–H groups in total. The Hall–Kier alpha value is -1.35. The molecule has 1 aromatic heterocycles. The number of nitrogens with zero attached hydrogens (tertiary/aromatic N) is 1. The highest BCUT2D eigenvalue weighted by Gasteiger charge is 2.23. The lowest BCUT2D eigenvalue weighted by molar-refractivity contribution is 0.405. The molecule has 0 radical (unpaired) electrons. The van der Waals surface area contributed by atoms with Crippen molar-refractivity contribution in [2.45, 2.75) is 31.1 Å². The average Bonchev–Trinajstić information content (AvgIpc) is 2.54. The van der Waals surface area contributed by atoms with Crippen LogP contribution in [0, 0.1) is 0 Å². The molecule has 2 aliphatic rings. The minimum atomic E-state index is 0.691. The van der Waals surface area contributed by atoms with E-state index in [1.807, 2.05) is 0 Å². The number of rotatable bonds is 2. The van der Waals surface area contributed by atoms with Gasteiger partial charge in [-0.1, -0.05) is 12.5 Å². The number of fused-ring (bicyclic) bond motifs is 1. The number of aromatic amines is 1. The van der Waals surface area contributed by atoms with Gasteiger partial charge in [0.05, 0.1) is 11.0 Å². The van der Waals surface area contributed by atoms with Crippen molar-refractivity contribution in [1.29, 1.82) is 0 Å². The van der Waals surface area contributed by atoms with E-state index in [0.717, 1.165) is 18.6 Å². The Balaban J connectivity index is 1.72. The third-order valence-electron chi connectivity index (χ3n) is 4.27. The van der Waals surface area contributed by atoms with Crippen LogP contribution in [-0.4, -0.2) is 23.1 Å². The number of H-pyrrole nitrogens is 1. The zero-order valence-corrected chi connectivity index (χ0v) is 9.87. The lowest BCUT2D eigenvalue weighted by Crippen LogP contribution is -2.39. The molecule has 0 unspecified atom stereocenters. The minimum Gasteiger partial charge on any atom is -0.342 e. The van der Waals surface area contributed by atoms with E-state index in [2.05, 4.69) is 28.5 Å². The van der Waals surface area contributed by atoms with E-state index < -0.39 is 0 Å². The van der Waals surface area contributed by atoms with Gasteiger partial charge in [-0.25, -0.2) is 4.98 Å². The predicted octanol–water partition coefficient (Wildman–Crippen LogP) is 2.52. The van der Waals surface area contributed by atoms with Crippen molar-refractivity contribution in [3.05, 3.63) is 29.6 Å². The van der Waals surface area contributed by atoms with Gasteiger partial charge >= 0.3 is 0 Å². The fraction of sp³-hybridized carbons (Fsp3) is 0.500. The lowest BCUT2D eigenvalue weighted by atomic mass is 9.85. The van der Waals surface area contributed by atoms with Crippen LogP contribution in [0.4, 0.5) is 0 Å². The molecule has 1 saturated carbocycles. The molecule has 2 fully saturated rings. The van der Waals surface area contributed by atoms with E-state index in [9.17, 15) is 0 Å². The van der Waals surface area contributed by atoms with Gasteiger partial charge in [-0.2, -0.15) is 0 Å². The van der Waals surface area contributed by atoms with Crippen molar-refractivity contribution in [1.82, 2.24) is 15.3 Å². The second-order valence-electron chi connectivity index (χ2n) is 5.38. The minimum absolute atomic E-state index is 0.691. The molecule has 88 valence electrons. The molecular formula is C14H17N3. The van der Waals surface area contributed by atoms with Crippen molar-refractivity contribution in [3.63, 3.8) is 0 Å². The molecule has 1 aliphatic heterocycles. The van der Waals surface area contributed by atoms with Crippen LogP contribution in [0.1, 0.15) is 42.5 Å². The molecule has 0 amide bonds. The molecule has 0 atom stereocenters. The topological polar surface area (TPSA) is 40.7 Å². The van der Waals surface area contributed by atoms with Crippen LogP contribution in [0.2, 0.25) is 0 Å². The van der Waals surface area contributed by atoms with E-state index in [1.54, 1.807) is 0 Å². The number of hydrogen-bond donors (Lipinski definition) is 2. The van der Waals surface area contributed by atoms with Crippen molar-refractivity contribution >= 4 is 11.0 Å². The molecule has 0 spiro atoms. The Kier molecular flexibility index (Phi) is 2.03. The molecule has 1 aliphatic carbocycles. The monoisotopic (exact) mass is 227 g/mol. The molecule has 2 aromatic rings. The Morgan fingerprint density at radius 3 is 2.65 bits per heavy atom. The number of imidazole rings is 1. The summed E-state index contributed by atoms with van der Waals surface area (Å²) in [5.74, 6) is 2.60. The normalized spacial score (nSPS) is 21.4. The zero-order valence-electron chi connectivity index (χ0n) is 9.87. The summed E-state index contributed by atoms with van der Waals surface area (Å²) >= 11 is 0. The Morgan fingerprint density at radius 2 is 2.00 bits per heavy atom. The van der Waals surface area contributed by atoms with Gasteiger partial charge in [-0.05, 0) is 30.5 Å². The molecule has 0 bridgehead atoms. The zero-order chi connectivity index (χ0) is 11.2. The maximum absolute atomic E-state index is 4.71. The molecule has 1 saturated heterocycles. The summed E-state index contributed by atoms with van der Waals surface area (Å²) in [5, 5.41) is 3.32. The lowest BCUT2D eigenvalue weighted by Gasteiger charge is -2.27. The highest BCUT2D eigenvalue weighted by molar-refractivity contribution is 5.76. The van der Waals surface area contributed by atoms with Crippen molar-refractivity contribution in [2.75, 3.05) is 13.1 Å². The Morgan fingerprint density at radius 1 is 1.12 bits per heavy atom. The summed E-state index contributed by atoms with van der Waals surface area (Å²) < 4.78 is 0. The molecular weight excluding hydrogens is 210 g/mol. The second kappa shape index (κ2) is 3.57. The van der Waals surface area contributed by atoms with Gasteiger partial charge in [-0.15, -0.1) is 0 Å². The first-order valence-corrected chi connectivity index (χ1v) is 6.60. The summed E-state index contributed by atoms with van der Waals surface area (Å²) in [6, 6.07) is 6.69. The Labute approximate surface area is 101 Å². The average molecular weight is 227 g/mol. The molecule has 1 aromatic carbocycles. The van der Waals surface area contributed by atoms with Gasteiger partial charge < -0.3 is 10.3 Å². The molecule has 17 heavy (non-hydrogen) atoms. The van der Waals surface area contributed by atoms with Crippen LogP contribution < -0.4 is 5.32 Å². The first kappa shape index (κ1) is 9.66. The SMILES string of the molecule is c1cc2nc(C3CCC3)[nH]c2cc1C1CNC1. The van der Waals surface area contributed by atoms with E-state index in [4.69, 9.17) is 4.98 Å². The molecule has 3 heteroatoms. The van der Waals surface area contributed by atoms with Crippen LogP contribution in [0.15, 0.2) is 18.2 Å². The smallest absolute Gasteiger partial charge is 0.110 e.